The molecule has 0 aliphatic carbocycles. The Bertz CT molecular complexity index is 777. The van der Waals surface area contributed by atoms with Crippen LogP contribution in [0.15, 0.2) is 46.9 Å². The molecular weight excluding hydrogens is 372 g/mol. The first-order valence-electron chi connectivity index (χ1n) is 7.63. The second-order valence-electron chi connectivity index (χ2n) is 5.57. The first kappa shape index (κ1) is 16.5. The number of benzene rings is 2. The maximum absolute atomic E-state index is 12.1. The van der Waals surface area contributed by atoms with Crippen molar-refractivity contribution < 1.29 is 14.3 Å². The molecule has 1 aliphatic rings. The molecule has 0 atom stereocenters. The molecule has 0 fully saturated rings. The smallest absolute Gasteiger partial charge is 0.412 e. The number of anilines is 2. The third kappa shape index (κ3) is 3.59. The predicted molar refractivity (Wildman–Crippen MR) is 96.1 cm³/mol. The van der Waals surface area contributed by atoms with Gasteiger partial charge in [0, 0.05) is 17.9 Å². The average Bonchev–Trinajstić information content (AvgIpc) is 2.98. The van der Waals surface area contributed by atoms with Crippen LogP contribution in [-0.4, -0.2) is 18.5 Å². The van der Waals surface area contributed by atoms with Crippen molar-refractivity contribution in [1.29, 1.82) is 0 Å². The molecule has 24 heavy (non-hydrogen) atoms. The molecule has 124 valence electrons. The van der Waals surface area contributed by atoms with Crippen LogP contribution in [0.25, 0.3) is 0 Å². The van der Waals surface area contributed by atoms with E-state index in [1.54, 1.807) is 11.0 Å². The Labute approximate surface area is 148 Å². The molecule has 0 radical (unpaired) electrons. The maximum Gasteiger partial charge on any atom is 0.412 e. The molecule has 6 heteroatoms. The molecule has 1 heterocycles. The van der Waals surface area contributed by atoms with Gasteiger partial charge in [-0.3, -0.25) is 10.1 Å². The van der Waals surface area contributed by atoms with Crippen molar-refractivity contribution in [2.24, 2.45) is 0 Å². The van der Waals surface area contributed by atoms with E-state index in [4.69, 9.17) is 4.74 Å². The number of hydrogen-bond donors (Lipinski definition) is 1. The van der Waals surface area contributed by atoms with Gasteiger partial charge in [0.25, 0.3) is 0 Å². The van der Waals surface area contributed by atoms with E-state index in [1.165, 1.54) is 6.92 Å². The molecule has 1 N–H and O–H groups in total. The van der Waals surface area contributed by atoms with E-state index in [-0.39, 0.29) is 12.5 Å². The first-order chi connectivity index (χ1) is 11.5. The highest BCUT2D eigenvalue weighted by molar-refractivity contribution is 9.10. The SMILES string of the molecule is CC(=O)N1CCc2cc(Br)cc(NC(=O)OCc3ccccc3)c21. The fourth-order valence-electron chi connectivity index (χ4n) is 2.79. The maximum atomic E-state index is 12.1. The van der Waals surface area contributed by atoms with E-state index in [1.807, 2.05) is 36.4 Å². The lowest BCUT2D eigenvalue weighted by atomic mass is 10.1. The quantitative estimate of drug-likeness (QED) is 0.860. The van der Waals surface area contributed by atoms with Crippen LogP contribution in [0.1, 0.15) is 18.1 Å². The number of rotatable bonds is 3. The van der Waals surface area contributed by atoms with Gasteiger partial charge in [0.2, 0.25) is 5.91 Å². The second kappa shape index (κ2) is 7.05. The van der Waals surface area contributed by atoms with Gasteiger partial charge in [0.15, 0.2) is 0 Å². The minimum atomic E-state index is -0.547. The van der Waals surface area contributed by atoms with E-state index in [9.17, 15) is 9.59 Å². The van der Waals surface area contributed by atoms with Gasteiger partial charge < -0.3 is 9.64 Å². The summed E-state index contributed by atoms with van der Waals surface area (Å²) in [6, 6.07) is 13.2. The summed E-state index contributed by atoms with van der Waals surface area (Å²) in [5, 5.41) is 2.75. The van der Waals surface area contributed by atoms with Gasteiger partial charge in [-0.1, -0.05) is 46.3 Å². The summed E-state index contributed by atoms with van der Waals surface area (Å²) >= 11 is 3.44. The largest absolute Gasteiger partial charge is 0.444 e. The van der Waals surface area contributed by atoms with Gasteiger partial charge in [-0.15, -0.1) is 0 Å². The van der Waals surface area contributed by atoms with Gasteiger partial charge in [0.1, 0.15) is 6.61 Å². The van der Waals surface area contributed by atoms with Gasteiger partial charge in [0.05, 0.1) is 11.4 Å². The topological polar surface area (TPSA) is 58.6 Å². The molecule has 1 aliphatic heterocycles. The lowest BCUT2D eigenvalue weighted by molar-refractivity contribution is -0.116. The molecule has 0 spiro atoms. The number of ether oxygens (including phenoxy) is 1. The summed E-state index contributed by atoms with van der Waals surface area (Å²) in [7, 11) is 0. The minimum Gasteiger partial charge on any atom is -0.444 e. The molecule has 2 aromatic rings. The Hall–Kier alpha value is -2.34. The van der Waals surface area contributed by atoms with E-state index < -0.39 is 6.09 Å². The zero-order valence-corrected chi connectivity index (χ0v) is 14.8. The number of nitrogens with one attached hydrogen (secondary N) is 1. The van der Waals surface area contributed by atoms with Crippen LogP contribution >= 0.6 is 15.9 Å². The van der Waals surface area contributed by atoms with Crippen LogP contribution in [0.5, 0.6) is 0 Å². The molecule has 0 unspecified atom stereocenters. The lowest BCUT2D eigenvalue weighted by Gasteiger charge is -2.19. The van der Waals surface area contributed by atoms with Crippen LogP contribution < -0.4 is 10.2 Å². The van der Waals surface area contributed by atoms with Crippen molar-refractivity contribution in [3.8, 4) is 0 Å². The van der Waals surface area contributed by atoms with Crippen molar-refractivity contribution in [3.63, 3.8) is 0 Å². The molecule has 5 nitrogen and oxygen atoms in total. The van der Waals surface area contributed by atoms with Crippen molar-refractivity contribution >= 4 is 39.3 Å². The Morgan fingerprint density at radius 2 is 2.00 bits per heavy atom. The summed E-state index contributed by atoms with van der Waals surface area (Å²) in [5.41, 5.74) is 3.27. The Kier molecular flexibility index (Phi) is 4.85. The second-order valence-corrected chi connectivity index (χ2v) is 6.48. The van der Waals surface area contributed by atoms with Crippen molar-refractivity contribution in [2.75, 3.05) is 16.8 Å². The van der Waals surface area contributed by atoms with Crippen molar-refractivity contribution in [2.45, 2.75) is 20.0 Å². The monoisotopic (exact) mass is 388 g/mol. The van der Waals surface area contributed by atoms with Crippen LogP contribution in [0, 0.1) is 0 Å². The minimum absolute atomic E-state index is 0.0447. The van der Waals surface area contributed by atoms with Crippen LogP contribution in [-0.2, 0) is 22.6 Å². The lowest BCUT2D eigenvalue weighted by Crippen LogP contribution is -2.27. The molecule has 0 aromatic heterocycles. The predicted octanol–water partition coefficient (Wildman–Crippen LogP) is 4.11. The van der Waals surface area contributed by atoms with E-state index in [0.29, 0.717) is 12.2 Å². The number of halogens is 1. The molecule has 0 saturated carbocycles. The Morgan fingerprint density at radius 3 is 2.71 bits per heavy atom. The number of fused-ring (bicyclic) bond motifs is 1. The van der Waals surface area contributed by atoms with Crippen molar-refractivity contribution in [1.82, 2.24) is 0 Å². The highest BCUT2D eigenvalue weighted by atomic mass is 79.9. The molecule has 3 rings (SSSR count). The number of hydrogen-bond acceptors (Lipinski definition) is 3. The zero-order valence-electron chi connectivity index (χ0n) is 13.2. The number of amides is 2. The van der Waals surface area contributed by atoms with Gasteiger partial charge >= 0.3 is 6.09 Å². The van der Waals surface area contributed by atoms with Crippen LogP contribution in [0.3, 0.4) is 0 Å². The Morgan fingerprint density at radius 1 is 1.25 bits per heavy atom. The van der Waals surface area contributed by atoms with Gasteiger partial charge in [-0.25, -0.2) is 4.79 Å². The highest BCUT2D eigenvalue weighted by Crippen LogP contribution is 2.38. The molecule has 2 aromatic carbocycles. The fraction of sp³-hybridized carbons (Fsp3) is 0.222. The number of carbonyl (C=O) groups is 2. The van der Waals surface area contributed by atoms with Crippen LogP contribution in [0.2, 0.25) is 0 Å². The van der Waals surface area contributed by atoms with E-state index in [2.05, 4.69) is 21.2 Å². The fourth-order valence-corrected chi connectivity index (χ4v) is 3.29. The zero-order chi connectivity index (χ0) is 17.1. The number of nitrogens with zero attached hydrogens (tertiary/aromatic N) is 1. The summed E-state index contributed by atoms with van der Waals surface area (Å²) in [5.74, 6) is -0.0447. The summed E-state index contributed by atoms with van der Waals surface area (Å²) in [6.07, 6.45) is 0.219. The van der Waals surface area contributed by atoms with E-state index >= 15 is 0 Å². The molecule has 2 amide bonds. The summed E-state index contributed by atoms with van der Waals surface area (Å²) in [6.45, 7) is 2.34. The third-order valence-electron chi connectivity index (χ3n) is 3.86. The molecule has 0 bridgehead atoms. The Balaban J connectivity index is 1.75. The third-order valence-corrected chi connectivity index (χ3v) is 4.32. The van der Waals surface area contributed by atoms with Gasteiger partial charge in [-0.05, 0) is 29.7 Å². The van der Waals surface area contributed by atoms with Gasteiger partial charge in [-0.2, -0.15) is 0 Å². The first-order valence-corrected chi connectivity index (χ1v) is 8.42. The number of carbonyl (C=O) groups excluding carboxylic acids is 2. The summed E-state index contributed by atoms with van der Waals surface area (Å²) in [4.78, 5) is 25.6. The normalized spacial score (nSPS) is 12.7. The van der Waals surface area contributed by atoms with Crippen molar-refractivity contribution in [3.05, 3.63) is 58.1 Å². The molecule has 0 saturated heterocycles. The molecular formula is C18H17BrN2O3. The van der Waals surface area contributed by atoms with Crippen LogP contribution in [0.4, 0.5) is 16.2 Å². The van der Waals surface area contributed by atoms with E-state index in [0.717, 1.165) is 27.7 Å². The summed E-state index contributed by atoms with van der Waals surface area (Å²) < 4.78 is 6.11. The highest BCUT2D eigenvalue weighted by Gasteiger charge is 2.26. The average molecular weight is 389 g/mol. The standard InChI is InChI=1S/C18H17BrN2O3/c1-12(22)21-8-7-14-9-15(19)10-16(17(14)21)20-18(23)24-11-13-5-3-2-4-6-13/h2-6,9-10H,7-8,11H2,1H3,(H,20,23).